The van der Waals surface area contributed by atoms with Gasteiger partial charge in [0.2, 0.25) is 0 Å². The van der Waals surface area contributed by atoms with Gasteiger partial charge in [0, 0.05) is 13.3 Å². The van der Waals surface area contributed by atoms with E-state index in [0.717, 1.165) is 18.4 Å². The molecule has 0 atom stereocenters. The molecule has 50 valence electrons. The van der Waals surface area contributed by atoms with E-state index < -0.39 is 5.97 Å². The van der Waals surface area contributed by atoms with Gasteiger partial charge < -0.3 is 9.90 Å². The molecule has 0 amide bonds. The number of carbonyl (C=O) groups is 1. The van der Waals surface area contributed by atoms with Crippen LogP contribution in [0.3, 0.4) is 0 Å². The van der Waals surface area contributed by atoms with Crippen LogP contribution >= 0.6 is 0 Å². The SMILES string of the molecule is CC/C(C)=C/[CH+]C(=O)[O-]. The molecule has 2 nitrogen and oxygen atoms in total. The largest absolute Gasteiger partial charge is 0.527 e. The third kappa shape index (κ3) is 4.94. The molecular formula is C7H10O2. The summed E-state index contributed by atoms with van der Waals surface area (Å²) in [4.78, 5) is 9.81. The van der Waals surface area contributed by atoms with E-state index in [2.05, 4.69) is 0 Å². The fraction of sp³-hybridized carbons (Fsp3) is 0.429. The average Bonchev–Trinajstić information content (AvgIpc) is 1.83. The average molecular weight is 126 g/mol. The fourth-order valence-corrected chi connectivity index (χ4v) is 0.328. The minimum absolute atomic E-state index is 0.879. The summed E-state index contributed by atoms with van der Waals surface area (Å²) in [6, 6.07) is 0. The van der Waals surface area contributed by atoms with Gasteiger partial charge in [-0.15, -0.1) is 0 Å². The van der Waals surface area contributed by atoms with Crippen LogP contribution in [0.1, 0.15) is 20.3 Å². The first-order chi connectivity index (χ1) is 4.16. The van der Waals surface area contributed by atoms with E-state index >= 15 is 0 Å². The molecule has 9 heavy (non-hydrogen) atoms. The van der Waals surface area contributed by atoms with Crippen molar-refractivity contribution in [2.75, 3.05) is 0 Å². The normalized spacial score (nSPS) is 11.1. The molecule has 0 radical (unpaired) electrons. The van der Waals surface area contributed by atoms with Gasteiger partial charge in [-0.3, -0.25) is 0 Å². The molecule has 0 aromatic rings. The number of carbonyl (C=O) groups excluding carboxylic acids is 1. The maximum absolute atomic E-state index is 9.81. The standard InChI is InChI=1S/C7H10O2/c1-3-6(2)4-5-7(8)9/h4-5H,3H2,1-2H3/b6-4+. The Hall–Kier alpha value is -0.920. The lowest BCUT2D eigenvalue weighted by molar-refractivity contribution is -0.299. The van der Waals surface area contributed by atoms with Crippen molar-refractivity contribution in [3.63, 3.8) is 0 Å². The molecule has 0 aliphatic heterocycles. The van der Waals surface area contributed by atoms with Gasteiger partial charge in [-0.1, -0.05) is 0 Å². The second kappa shape index (κ2) is 4.01. The highest BCUT2D eigenvalue weighted by Gasteiger charge is 1.93. The molecule has 0 N–H and O–H groups in total. The minimum atomic E-state index is -1.14. The molecule has 0 saturated heterocycles. The zero-order valence-electron chi connectivity index (χ0n) is 5.68. The zero-order chi connectivity index (χ0) is 7.28. The molecule has 0 aromatic heterocycles. The molecule has 0 saturated carbocycles. The first-order valence-electron chi connectivity index (χ1n) is 2.88. The summed E-state index contributed by atoms with van der Waals surface area (Å²) in [6.45, 7) is 3.84. The van der Waals surface area contributed by atoms with E-state index in [1.54, 1.807) is 6.08 Å². The number of carboxylic acids is 1. The van der Waals surface area contributed by atoms with E-state index in [0.29, 0.717) is 0 Å². The molecule has 0 spiro atoms. The Morgan fingerprint density at radius 1 is 1.78 bits per heavy atom. The van der Waals surface area contributed by atoms with E-state index in [9.17, 15) is 9.90 Å². The number of allylic oxidation sites excluding steroid dienone is 1. The third-order valence-electron chi connectivity index (χ3n) is 1.06. The van der Waals surface area contributed by atoms with Crippen molar-refractivity contribution in [1.82, 2.24) is 0 Å². The van der Waals surface area contributed by atoms with Gasteiger partial charge in [0.05, 0.1) is 18.1 Å². The molecular weight excluding hydrogens is 116 g/mol. The van der Waals surface area contributed by atoms with Crippen molar-refractivity contribution in [3.8, 4) is 0 Å². The van der Waals surface area contributed by atoms with Gasteiger partial charge in [0.25, 0.3) is 0 Å². The van der Waals surface area contributed by atoms with Crippen LogP contribution in [0.2, 0.25) is 0 Å². The first-order valence-corrected chi connectivity index (χ1v) is 2.88. The van der Waals surface area contributed by atoms with Crippen molar-refractivity contribution < 1.29 is 9.90 Å². The second-order valence-corrected chi connectivity index (χ2v) is 1.85. The van der Waals surface area contributed by atoms with Gasteiger partial charge in [-0.05, 0) is 6.92 Å². The second-order valence-electron chi connectivity index (χ2n) is 1.85. The molecule has 0 aromatic carbocycles. The van der Waals surface area contributed by atoms with Crippen molar-refractivity contribution in [2.45, 2.75) is 20.3 Å². The van der Waals surface area contributed by atoms with E-state index in [1.807, 2.05) is 13.8 Å². The van der Waals surface area contributed by atoms with Crippen LogP contribution < -0.4 is 5.11 Å². The highest BCUT2D eigenvalue weighted by atomic mass is 16.4. The highest BCUT2D eigenvalue weighted by molar-refractivity contribution is 5.77. The maximum Gasteiger partial charge on any atom is 0.156 e. The summed E-state index contributed by atoms with van der Waals surface area (Å²) in [5.41, 5.74) is 1.04. The Bertz CT molecular complexity index is 125. The zero-order valence-corrected chi connectivity index (χ0v) is 5.68. The smallest absolute Gasteiger partial charge is 0.156 e. The molecule has 0 aliphatic carbocycles. The lowest BCUT2D eigenvalue weighted by atomic mass is 10.2. The number of hydrogen-bond acceptors (Lipinski definition) is 2. The number of aliphatic carboxylic acids is 1. The summed E-state index contributed by atoms with van der Waals surface area (Å²) in [6.07, 6.45) is 3.47. The summed E-state index contributed by atoms with van der Waals surface area (Å²) in [5, 5.41) is 9.81. The highest BCUT2D eigenvalue weighted by Crippen LogP contribution is 1.97. The first kappa shape index (κ1) is 8.08. The van der Waals surface area contributed by atoms with Gasteiger partial charge in [-0.2, -0.15) is 0 Å². The Kier molecular flexibility index (Phi) is 3.60. The van der Waals surface area contributed by atoms with Crippen molar-refractivity contribution in [2.24, 2.45) is 0 Å². The van der Waals surface area contributed by atoms with Gasteiger partial charge in [-0.25, -0.2) is 0 Å². The Morgan fingerprint density at radius 2 is 2.33 bits per heavy atom. The Morgan fingerprint density at radius 3 is 2.67 bits per heavy atom. The molecule has 2 heteroatoms. The fourth-order valence-electron chi connectivity index (χ4n) is 0.328. The topological polar surface area (TPSA) is 40.1 Å². The van der Waals surface area contributed by atoms with Crippen LogP contribution in [0.5, 0.6) is 0 Å². The lowest BCUT2D eigenvalue weighted by Crippen LogP contribution is -2.21. The van der Waals surface area contributed by atoms with E-state index in [-0.39, 0.29) is 0 Å². The minimum Gasteiger partial charge on any atom is -0.527 e. The van der Waals surface area contributed by atoms with Crippen LogP contribution in [-0.2, 0) is 4.79 Å². The van der Waals surface area contributed by atoms with Crippen LogP contribution in [0.15, 0.2) is 11.6 Å². The summed E-state index contributed by atoms with van der Waals surface area (Å²) < 4.78 is 0. The van der Waals surface area contributed by atoms with Gasteiger partial charge in [0.1, 0.15) is 0 Å². The predicted molar refractivity (Wildman–Crippen MR) is 33.4 cm³/mol. The Balaban J connectivity index is 3.56. The van der Waals surface area contributed by atoms with Crippen molar-refractivity contribution in [1.29, 1.82) is 0 Å². The summed E-state index contributed by atoms with van der Waals surface area (Å²) in [7, 11) is 0. The van der Waals surface area contributed by atoms with E-state index in [1.165, 1.54) is 0 Å². The molecule has 0 heterocycles. The van der Waals surface area contributed by atoms with Crippen LogP contribution in [0.25, 0.3) is 0 Å². The number of hydrogen-bond donors (Lipinski definition) is 0. The summed E-state index contributed by atoms with van der Waals surface area (Å²) >= 11 is 0. The number of rotatable bonds is 3. The van der Waals surface area contributed by atoms with Crippen LogP contribution in [0, 0.1) is 6.42 Å². The van der Waals surface area contributed by atoms with E-state index in [4.69, 9.17) is 0 Å². The van der Waals surface area contributed by atoms with Crippen LogP contribution in [0.4, 0.5) is 0 Å². The van der Waals surface area contributed by atoms with Gasteiger partial charge in [0.15, 0.2) is 5.97 Å². The molecule has 0 rings (SSSR count). The van der Waals surface area contributed by atoms with Crippen LogP contribution in [-0.4, -0.2) is 5.97 Å². The Labute approximate surface area is 55.2 Å². The quantitative estimate of drug-likeness (QED) is 0.510. The molecule has 0 unspecified atom stereocenters. The van der Waals surface area contributed by atoms with Gasteiger partial charge >= 0.3 is 0 Å². The maximum atomic E-state index is 9.81. The molecule has 0 aliphatic rings. The van der Waals surface area contributed by atoms with Crippen molar-refractivity contribution in [3.05, 3.63) is 18.1 Å². The predicted octanol–water partition coefficient (Wildman–Crippen LogP) is 0.297. The number of carboxylic acid groups (broad SMARTS) is 1. The summed E-state index contributed by atoms with van der Waals surface area (Å²) in [5.74, 6) is -1.14. The third-order valence-corrected chi connectivity index (χ3v) is 1.06. The monoisotopic (exact) mass is 126 g/mol. The lowest BCUT2D eigenvalue weighted by Gasteiger charge is -1.86. The van der Waals surface area contributed by atoms with Crippen molar-refractivity contribution >= 4 is 5.97 Å². The molecule has 0 bridgehead atoms. The molecule has 0 fully saturated rings.